The third-order valence-electron chi connectivity index (χ3n) is 10.6. The lowest BCUT2D eigenvalue weighted by Gasteiger charge is -2.27. The maximum absolute atomic E-state index is 2.51. The van der Waals surface area contributed by atoms with E-state index in [0.29, 0.717) is 0 Å². The second kappa shape index (κ2) is 11.0. The Morgan fingerprint density at radius 2 is 0.880 bits per heavy atom. The predicted molar refractivity (Wildman–Crippen MR) is 217 cm³/mol. The minimum atomic E-state index is 0.0579. The molecule has 2 heteroatoms. The lowest BCUT2D eigenvalue weighted by atomic mass is 9.85. The van der Waals surface area contributed by atoms with Gasteiger partial charge in [0, 0.05) is 32.9 Å². The fourth-order valence-corrected chi connectivity index (χ4v) is 7.96. The van der Waals surface area contributed by atoms with Crippen LogP contribution in [0.1, 0.15) is 52.7 Å². The van der Waals surface area contributed by atoms with E-state index in [1.165, 1.54) is 76.6 Å². The van der Waals surface area contributed by atoms with Crippen LogP contribution in [0.25, 0.3) is 59.8 Å². The highest BCUT2D eigenvalue weighted by atomic mass is 15.1. The molecule has 8 aromatic carbocycles. The number of rotatable bonds is 4. The number of para-hydroxylation sites is 2. The molecule has 0 spiro atoms. The minimum Gasteiger partial charge on any atom is -0.310 e. The molecule has 0 aliphatic rings. The molecule has 0 saturated carbocycles. The Morgan fingerprint density at radius 3 is 1.40 bits per heavy atom. The van der Waals surface area contributed by atoms with Crippen LogP contribution in [0.15, 0.2) is 146 Å². The van der Waals surface area contributed by atoms with Gasteiger partial charge in [-0.05, 0) is 104 Å². The average molecular weight is 647 g/mol. The first-order valence-corrected chi connectivity index (χ1v) is 17.8. The molecule has 0 bridgehead atoms. The Hall–Kier alpha value is -5.60. The van der Waals surface area contributed by atoms with Crippen molar-refractivity contribution in [2.45, 2.75) is 52.4 Å². The molecule has 0 N–H and O–H groups in total. The summed E-state index contributed by atoms with van der Waals surface area (Å²) in [4.78, 5) is 2.39. The van der Waals surface area contributed by atoms with Crippen molar-refractivity contribution in [1.82, 2.24) is 4.57 Å². The van der Waals surface area contributed by atoms with E-state index >= 15 is 0 Å². The summed E-state index contributed by atoms with van der Waals surface area (Å²) in [6.07, 6.45) is 0. The SMILES string of the molecule is CC(C)(C)c1ccc2c(c1)c1cc(C(C)(C)C)ccc1n2-c1ccc2ccc3c(N(c4ccccc4)c4ccccc4)ccc4ccc1c2c43. The summed E-state index contributed by atoms with van der Waals surface area (Å²) in [5, 5.41) is 10.3. The molecule has 0 unspecified atom stereocenters. The first kappa shape index (κ1) is 30.5. The summed E-state index contributed by atoms with van der Waals surface area (Å²) < 4.78 is 2.51. The Morgan fingerprint density at radius 1 is 0.420 bits per heavy atom. The standard InChI is InChI=1S/C48H42N2/c1-47(2,3)33-21-27-43-39(29-33)40-30-34(48(4,5)6)22-28-44(40)50(43)42-26-20-32-17-23-37-41(25-19-31-18-24-38(42)46(32)45(31)37)49(35-13-9-7-10-14-35)36-15-11-8-12-16-36/h7-30H,1-6H3. The van der Waals surface area contributed by atoms with Crippen LogP contribution in [0, 0.1) is 0 Å². The summed E-state index contributed by atoms with van der Waals surface area (Å²) >= 11 is 0. The predicted octanol–water partition coefficient (Wildman–Crippen LogP) is 13.7. The quantitative estimate of drug-likeness (QED) is 0.173. The second-order valence-electron chi connectivity index (χ2n) is 15.9. The van der Waals surface area contributed by atoms with Crippen LogP contribution in [0.3, 0.4) is 0 Å². The van der Waals surface area contributed by atoms with E-state index < -0.39 is 0 Å². The van der Waals surface area contributed by atoms with Crippen molar-refractivity contribution in [2.24, 2.45) is 0 Å². The molecule has 0 radical (unpaired) electrons. The summed E-state index contributed by atoms with van der Waals surface area (Å²) in [6, 6.07) is 54.2. The van der Waals surface area contributed by atoms with Gasteiger partial charge in [0.25, 0.3) is 0 Å². The molecule has 0 aliphatic heterocycles. The molecule has 0 amide bonds. The molecule has 1 heterocycles. The van der Waals surface area contributed by atoms with E-state index in [2.05, 4.69) is 197 Å². The molecule has 0 fully saturated rings. The molecular formula is C48H42N2. The minimum absolute atomic E-state index is 0.0579. The third-order valence-corrected chi connectivity index (χ3v) is 10.6. The number of benzene rings is 8. The van der Waals surface area contributed by atoms with E-state index in [-0.39, 0.29) is 10.8 Å². The van der Waals surface area contributed by atoms with Crippen LogP contribution in [0.5, 0.6) is 0 Å². The molecular weight excluding hydrogens is 605 g/mol. The maximum Gasteiger partial charge on any atom is 0.0541 e. The highest BCUT2D eigenvalue weighted by molar-refractivity contribution is 6.27. The maximum atomic E-state index is 2.51. The van der Waals surface area contributed by atoms with Crippen molar-refractivity contribution < 1.29 is 0 Å². The van der Waals surface area contributed by atoms with Gasteiger partial charge < -0.3 is 9.47 Å². The zero-order chi connectivity index (χ0) is 34.4. The van der Waals surface area contributed by atoms with Gasteiger partial charge in [0.15, 0.2) is 0 Å². The fourth-order valence-electron chi connectivity index (χ4n) is 7.96. The summed E-state index contributed by atoms with van der Waals surface area (Å²) in [6.45, 7) is 13.8. The Bertz CT molecular complexity index is 2590. The number of nitrogens with zero attached hydrogens (tertiary/aromatic N) is 2. The van der Waals surface area contributed by atoms with Gasteiger partial charge in [-0.1, -0.05) is 126 Å². The number of aromatic nitrogens is 1. The molecule has 244 valence electrons. The molecule has 0 atom stereocenters. The van der Waals surface area contributed by atoms with Gasteiger partial charge in [-0.2, -0.15) is 0 Å². The zero-order valence-corrected chi connectivity index (χ0v) is 29.8. The van der Waals surface area contributed by atoms with E-state index in [1.807, 2.05) is 0 Å². The van der Waals surface area contributed by atoms with E-state index in [9.17, 15) is 0 Å². The normalized spacial score (nSPS) is 12.6. The Balaban J connectivity index is 1.35. The van der Waals surface area contributed by atoms with Crippen LogP contribution in [0.2, 0.25) is 0 Å². The average Bonchev–Trinajstić information content (AvgIpc) is 3.44. The van der Waals surface area contributed by atoms with Crippen LogP contribution < -0.4 is 4.90 Å². The number of hydrogen-bond acceptors (Lipinski definition) is 1. The fraction of sp³-hybridized carbons (Fsp3) is 0.167. The van der Waals surface area contributed by atoms with Crippen LogP contribution in [-0.2, 0) is 10.8 Å². The van der Waals surface area contributed by atoms with Gasteiger partial charge in [-0.15, -0.1) is 0 Å². The van der Waals surface area contributed by atoms with E-state index in [4.69, 9.17) is 0 Å². The molecule has 2 nitrogen and oxygen atoms in total. The Kier molecular flexibility index (Phi) is 6.67. The lowest BCUT2D eigenvalue weighted by molar-refractivity contribution is 0.590. The molecule has 9 rings (SSSR count). The third kappa shape index (κ3) is 4.70. The largest absolute Gasteiger partial charge is 0.310 e. The van der Waals surface area contributed by atoms with Crippen molar-refractivity contribution in [3.63, 3.8) is 0 Å². The molecule has 9 aromatic rings. The molecule has 1 aromatic heterocycles. The van der Waals surface area contributed by atoms with Crippen molar-refractivity contribution in [3.05, 3.63) is 157 Å². The highest BCUT2D eigenvalue weighted by Crippen LogP contribution is 2.46. The summed E-state index contributed by atoms with van der Waals surface area (Å²) in [5.74, 6) is 0. The van der Waals surface area contributed by atoms with Crippen molar-refractivity contribution in [3.8, 4) is 5.69 Å². The van der Waals surface area contributed by atoms with Crippen LogP contribution >= 0.6 is 0 Å². The van der Waals surface area contributed by atoms with Gasteiger partial charge in [0.05, 0.1) is 22.4 Å². The summed E-state index contributed by atoms with van der Waals surface area (Å²) in [5.41, 5.74) is 9.99. The molecule has 50 heavy (non-hydrogen) atoms. The molecule has 0 saturated heterocycles. The lowest BCUT2D eigenvalue weighted by Crippen LogP contribution is -2.10. The number of hydrogen-bond donors (Lipinski definition) is 0. The first-order chi connectivity index (χ1) is 24.1. The number of anilines is 3. The first-order valence-electron chi connectivity index (χ1n) is 17.8. The van der Waals surface area contributed by atoms with Crippen molar-refractivity contribution in [1.29, 1.82) is 0 Å². The second-order valence-corrected chi connectivity index (χ2v) is 15.9. The van der Waals surface area contributed by atoms with Crippen LogP contribution in [-0.4, -0.2) is 4.57 Å². The van der Waals surface area contributed by atoms with Gasteiger partial charge in [-0.25, -0.2) is 0 Å². The number of fused-ring (bicyclic) bond motifs is 3. The van der Waals surface area contributed by atoms with E-state index in [1.54, 1.807) is 0 Å². The zero-order valence-electron chi connectivity index (χ0n) is 29.8. The topological polar surface area (TPSA) is 8.17 Å². The monoisotopic (exact) mass is 646 g/mol. The van der Waals surface area contributed by atoms with Crippen molar-refractivity contribution >= 4 is 71.2 Å². The Labute approximate surface area is 294 Å². The van der Waals surface area contributed by atoms with Gasteiger partial charge >= 0.3 is 0 Å². The smallest absolute Gasteiger partial charge is 0.0541 e. The molecule has 0 aliphatic carbocycles. The highest BCUT2D eigenvalue weighted by Gasteiger charge is 2.23. The van der Waals surface area contributed by atoms with Gasteiger partial charge in [0.1, 0.15) is 0 Å². The van der Waals surface area contributed by atoms with E-state index in [0.717, 1.165) is 11.4 Å². The summed E-state index contributed by atoms with van der Waals surface area (Å²) in [7, 11) is 0. The van der Waals surface area contributed by atoms with Gasteiger partial charge in [-0.3, -0.25) is 0 Å². The van der Waals surface area contributed by atoms with Crippen LogP contribution in [0.4, 0.5) is 17.1 Å². The van der Waals surface area contributed by atoms with Gasteiger partial charge in [0.2, 0.25) is 0 Å². The van der Waals surface area contributed by atoms with Crippen molar-refractivity contribution in [2.75, 3.05) is 4.90 Å².